The average Bonchev–Trinajstić information content (AvgIpc) is 2.67. The molecule has 8 heteroatoms. The number of hydrogen-bond acceptors (Lipinski definition) is 5. The molecule has 0 aliphatic carbocycles. The summed E-state index contributed by atoms with van der Waals surface area (Å²) in [6, 6.07) is 10.5. The molecule has 0 aromatic heterocycles. The first-order valence-corrected chi connectivity index (χ1v) is 9.39. The molecule has 0 saturated carbocycles. The first kappa shape index (κ1) is 20.4. The molecule has 1 fully saturated rings. The first-order chi connectivity index (χ1) is 13.9. The maximum Gasteiger partial charge on any atom is 0.335 e. The number of benzene rings is 2. The Bertz CT molecular complexity index is 1000. The van der Waals surface area contributed by atoms with Crippen molar-refractivity contribution >= 4 is 41.2 Å². The number of urea groups is 1. The molecule has 2 aromatic carbocycles. The van der Waals surface area contributed by atoms with E-state index >= 15 is 0 Å². The van der Waals surface area contributed by atoms with E-state index in [1.807, 2.05) is 13.8 Å². The van der Waals surface area contributed by atoms with Gasteiger partial charge in [0.2, 0.25) is 0 Å². The summed E-state index contributed by atoms with van der Waals surface area (Å²) in [5.74, 6) is -0.581. The fourth-order valence-corrected chi connectivity index (χ4v) is 3.03. The molecule has 1 saturated heterocycles. The highest BCUT2D eigenvalue weighted by atomic mass is 35.5. The van der Waals surface area contributed by atoms with Gasteiger partial charge in [-0.1, -0.05) is 17.7 Å². The van der Waals surface area contributed by atoms with Crippen LogP contribution < -0.4 is 19.7 Å². The standard InChI is InChI=1S/C21H19ClN2O5/c1-3-28-16-7-5-6-15(12-16)24-20(26)17(19(25)23-21(24)27)11-13-10-14(22)8-9-18(13)29-4-2/h5-12H,3-4H2,1-2H3,(H,23,25,27)/b17-11+. The Kier molecular flexibility index (Phi) is 6.19. The molecule has 1 aliphatic heterocycles. The van der Waals surface area contributed by atoms with E-state index in [-0.39, 0.29) is 11.3 Å². The van der Waals surface area contributed by atoms with Crippen molar-refractivity contribution in [3.63, 3.8) is 0 Å². The van der Waals surface area contributed by atoms with Crippen LogP contribution >= 0.6 is 11.6 Å². The summed E-state index contributed by atoms with van der Waals surface area (Å²) in [6.45, 7) is 4.47. The van der Waals surface area contributed by atoms with E-state index < -0.39 is 17.8 Å². The zero-order valence-corrected chi connectivity index (χ0v) is 16.7. The molecule has 0 atom stereocenters. The van der Waals surface area contributed by atoms with Gasteiger partial charge in [0.25, 0.3) is 11.8 Å². The maximum absolute atomic E-state index is 13.0. The van der Waals surface area contributed by atoms with Gasteiger partial charge in [0.15, 0.2) is 0 Å². The number of nitrogens with one attached hydrogen (secondary N) is 1. The van der Waals surface area contributed by atoms with Crippen LogP contribution in [0.3, 0.4) is 0 Å². The lowest BCUT2D eigenvalue weighted by Gasteiger charge is -2.26. The van der Waals surface area contributed by atoms with Crippen molar-refractivity contribution in [2.24, 2.45) is 0 Å². The lowest BCUT2D eigenvalue weighted by molar-refractivity contribution is -0.122. The summed E-state index contributed by atoms with van der Waals surface area (Å²) in [4.78, 5) is 38.7. The highest BCUT2D eigenvalue weighted by Gasteiger charge is 2.37. The molecular formula is C21H19ClN2O5. The van der Waals surface area contributed by atoms with Crippen LogP contribution in [0.25, 0.3) is 6.08 Å². The number of amides is 4. The minimum atomic E-state index is -0.832. The molecule has 1 heterocycles. The van der Waals surface area contributed by atoms with Gasteiger partial charge >= 0.3 is 6.03 Å². The van der Waals surface area contributed by atoms with E-state index in [4.69, 9.17) is 21.1 Å². The summed E-state index contributed by atoms with van der Waals surface area (Å²) < 4.78 is 11.0. The number of carbonyl (C=O) groups excluding carboxylic acids is 3. The smallest absolute Gasteiger partial charge is 0.335 e. The van der Waals surface area contributed by atoms with E-state index in [0.717, 1.165) is 4.90 Å². The van der Waals surface area contributed by atoms with Gasteiger partial charge in [0.1, 0.15) is 17.1 Å². The molecule has 3 rings (SSSR count). The third-order valence-electron chi connectivity index (χ3n) is 4.06. The number of nitrogens with zero attached hydrogens (tertiary/aromatic N) is 1. The summed E-state index contributed by atoms with van der Waals surface area (Å²) in [5.41, 5.74) is 0.526. The summed E-state index contributed by atoms with van der Waals surface area (Å²) in [5, 5.41) is 2.61. The molecule has 0 unspecified atom stereocenters. The molecule has 29 heavy (non-hydrogen) atoms. The Balaban J connectivity index is 2.03. The van der Waals surface area contributed by atoms with Gasteiger partial charge < -0.3 is 9.47 Å². The number of carbonyl (C=O) groups is 3. The number of halogens is 1. The molecule has 0 spiro atoms. The van der Waals surface area contributed by atoms with Crippen molar-refractivity contribution in [1.29, 1.82) is 0 Å². The fraction of sp³-hybridized carbons (Fsp3) is 0.190. The van der Waals surface area contributed by atoms with E-state index in [0.29, 0.717) is 35.3 Å². The maximum atomic E-state index is 13.0. The number of barbiturate groups is 1. The Morgan fingerprint density at radius 1 is 1.03 bits per heavy atom. The molecule has 1 aliphatic rings. The highest BCUT2D eigenvalue weighted by molar-refractivity contribution is 6.39. The fourth-order valence-electron chi connectivity index (χ4n) is 2.85. The van der Waals surface area contributed by atoms with Crippen LogP contribution in [0.15, 0.2) is 48.0 Å². The van der Waals surface area contributed by atoms with Crippen LogP contribution in [0, 0.1) is 0 Å². The van der Waals surface area contributed by atoms with Crippen LogP contribution in [0.1, 0.15) is 19.4 Å². The Labute approximate surface area is 172 Å². The molecule has 7 nitrogen and oxygen atoms in total. The van der Waals surface area contributed by atoms with E-state index in [9.17, 15) is 14.4 Å². The van der Waals surface area contributed by atoms with Gasteiger partial charge in [-0.15, -0.1) is 0 Å². The summed E-state index contributed by atoms with van der Waals surface area (Å²) >= 11 is 6.05. The second-order valence-electron chi connectivity index (χ2n) is 6.00. The number of imide groups is 2. The lowest BCUT2D eigenvalue weighted by Crippen LogP contribution is -2.54. The number of anilines is 1. The van der Waals surface area contributed by atoms with Crippen molar-refractivity contribution in [1.82, 2.24) is 5.32 Å². The van der Waals surface area contributed by atoms with E-state index in [1.165, 1.54) is 6.08 Å². The Morgan fingerprint density at radius 2 is 1.79 bits per heavy atom. The quantitative estimate of drug-likeness (QED) is 0.574. The predicted octanol–water partition coefficient (Wildman–Crippen LogP) is 3.80. The van der Waals surface area contributed by atoms with Crippen LogP contribution in [0.2, 0.25) is 5.02 Å². The topological polar surface area (TPSA) is 84.9 Å². The van der Waals surface area contributed by atoms with Crippen LogP contribution in [-0.2, 0) is 9.59 Å². The van der Waals surface area contributed by atoms with Gasteiger partial charge in [0.05, 0.1) is 18.9 Å². The predicted molar refractivity (Wildman–Crippen MR) is 109 cm³/mol. The van der Waals surface area contributed by atoms with Crippen LogP contribution in [0.5, 0.6) is 11.5 Å². The van der Waals surface area contributed by atoms with Crippen molar-refractivity contribution in [3.8, 4) is 11.5 Å². The van der Waals surface area contributed by atoms with Crippen LogP contribution in [0.4, 0.5) is 10.5 Å². The SMILES string of the molecule is CCOc1cccc(N2C(=O)NC(=O)/C(=C\c3cc(Cl)ccc3OCC)C2=O)c1. The van der Waals surface area contributed by atoms with Crippen molar-refractivity contribution in [3.05, 3.63) is 58.6 Å². The van der Waals surface area contributed by atoms with E-state index in [2.05, 4.69) is 5.32 Å². The Morgan fingerprint density at radius 3 is 2.52 bits per heavy atom. The minimum absolute atomic E-state index is 0.213. The minimum Gasteiger partial charge on any atom is -0.494 e. The Hall–Kier alpha value is -3.32. The van der Waals surface area contributed by atoms with Gasteiger partial charge in [-0.3, -0.25) is 14.9 Å². The van der Waals surface area contributed by atoms with Crippen LogP contribution in [-0.4, -0.2) is 31.1 Å². The molecule has 0 bridgehead atoms. The second kappa shape index (κ2) is 8.79. The third-order valence-corrected chi connectivity index (χ3v) is 4.30. The lowest BCUT2D eigenvalue weighted by atomic mass is 10.1. The number of rotatable bonds is 6. The molecule has 0 radical (unpaired) electrons. The molecule has 150 valence electrons. The number of hydrogen-bond donors (Lipinski definition) is 1. The van der Waals surface area contributed by atoms with E-state index in [1.54, 1.807) is 42.5 Å². The van der Waals surface area contributed by atoms with Crippen molar-refractivity contribution in [2.75, 3.05) is 18.1 Å². The first-order valence-electron chi connectivity index (χ1n) is 9.01. The zero-order chi connectivity index (χ0) is 21.0. The zero-order valence-electron chi connectivity index (χ0n) is 15.9. The molecule has 2 aromatic rings. The van der Waals surface area contributed by atoms with Gasteiger partial charge in [0, 0.05) is 16.7 Å². The summed E-state index contributed by atoms with van der Waals surface area (Å²) in [7, 11) is 0. The molecule has 4 amide bonds. The second-order valence-corrected chi connectivity index (χ2v) is 6.44. The monoisotopic (exact) mass is 414 g/mol. The van der Waals surface area contributed by atoms with Gasteiger partial charge in [-0.25, -0.2) is 9.69 Å². The average molecular weight is 415 g/mol. The van der Waals surface area contributed by atoms with Gasteiger partial charge in [-0.2, -0.15) is 0 Å². The largest absolute Gasteiger partial charge is 0.494 e. The van der Waals surface area contributed by atoms with Crippen molar-refractivity contribution in [2.45, 2.75) is 13.8 Å². The highest BCUT2D eigenvalue weighted by Crippen LogP contribution is 2.29. The normalized spacial score (nSPS) is 15.5. The molecule has 1 N–H and O–H groups in total. The molecular weight excluding hydrogens is 396 g/mol. The summed E-state index contributed by atoms with van der Waals surface area (Å²) in [6.07, 6.45) is 1.36. The number of ether oxygens (including phenoxy) is 2. The van der Waals surface area contributed by atoms with Gasteiger partial charge in [-0.05, 0) is 50.3 Å². The third kappa shape index (κ3) is 4.41. The van der Waals surface area contributed by atoms with Crippen molar-refractivity contribution < 1.29 is 23.9 Å².